The van der Waals surface area contributed by atoms with Gasteiger partial charge in [0.05, 0.1) is 0 Å². The summed E-state index contributed by atoms with van der Waals surface area (Å²) in [7, 11) is 0. The van der Waals surface area contributed by atoms with E-state index in [2.05, 4.69) is 5.32 Å². The van der Waals surface area contributed by atoms with Crippen molar-refractivity contribution in [3.05, 3.63) is 71.3 Å². The van der Waals surface area contributed by atoms with E-state index >= 15 is 0 Å². The van der Waals surface area contributed by atoms with Crippen molar-refractivity contribution in [3.63, 3.8) is 0 Å². The third kappa shape index (κ3) is 6.62. The highest BCUT2D eigenvalue weighted by atomic mass is 16.5. The Morgan fingerprint density at radius 2 is 1.70 bits per heavy atom. The molecular formula is C22H25NO4. The summed E-state index contributed by atoms with van der Waals surface area (Å²) in [5, 5.41) is 11.9. The molecule has 0 aromatic heterocycles. The molecule has 0 atom stereocenters. The molecule has 0 saturated heterocycles. The van der Waals surface area contributed by atoms with Crippen molar-refractivity contribution >= 4 is 18.0 Å². The monoisotopic (exact) mass is 367 g/mol. The second kappa shape index (κ2) is 9.03. The Bertz CT molecular complexity index is 805. The number of aryl methyl sites for hydroxylation is 1. The minimum absolute atomic E-state index is 0.140. The van der Waals surface area contributed by atoms with Crippen molar-refractivity contribution in [2.75, 3.05) is 6.54 Å². The molecule has 5 heteroatoms. The molecule has 0 aliphatic heterocycles. The maximum atomic E-state index is 11.9. The zero-order valence-corrected chi connectivity index (χ0v) is 15.9. The summed E-state index contributed by atoms with van der Waals surface area (Å²) in [4.78, 5) is 23.0. The van der Waals surface area contributed by atoms with Crippen LogP contribution in [0.15, 0.2) is 54.6 Å². The summed E-state index contributed by atoms with van der Waals surface area (Å²) in [5.41, 5.74) is 1.91. The van der Waals surface area contributed by atoms with Gasteiger partial charge in [-0.3, -0.25) is 4.79 Å². The second-order valence-corrected chi connectivity index (χ2v) is 6.85. The van der Waals surface area contributed by atoms with Crippen molar-refractivity contribution in [3.8, 4) is 5.75 Å². The lowest BCUT2D eigenvalue weighted by Crippen LogP contribution is -2.37. The van der Waals surface area contributed by atoms with Gasteiger partial charge in [0.25, 0.3) is 0 Å². The molecule has 142 valence electrons. The predicted molar refractivity (Wildman–Crippen MR) is 106 cm³/mol. The molecule has 2 aromatic rings. The number of amides is 1. The number of hydrogen-bond donors (Lipinski definition) is 2. The Hall–Kier alpha value is -3.08. The number of rotatable bonds is 8. The van der Waals surface area contributed by atoms with Gasteiger partial charge < -0.3 is 15.2 Å². The van der Waals surface area contributed by atoms with Crippen LogP contribution in [0.2, 0.25) is 0 Å². The molecule has 0 heterocycles. The fourth-order valence-electron chi connectivity index (χ4n) is 2.30. The van der Waals surface area contributed by atoms with Crippen LogP contribution < -0.4 is 10.1 Å². The highest BCUT2D eigenvalue weighted by Crippen LogP contribution is 2.19. The predicted octanol–water partition coefficient (Wildman–Crippen LogP) is 3.61. The first-order chi connectivity index (χ1) is 12.8. The van der Waals surface area contributed by atoms with Crippen LogP contribution in [0.25, 0.3) is 6.08 Å². The normalized spacial score (nSPS) is 11.4. The molecule has 2 N–H and O–H groups in total. The lowest BCUT2D eigenvalue weighted by atomic mass is 10.1. The summed E-state index contributed by atoms with van der Waals surface area (Å²) in [6, 6.07) is 15.1. The number of carboxylic acid groups (broad SMARTS) is 1. The first-order valence-electron chi connectivity index (χ1n) is 8.80. The van der Waals surface area contributed by atoms with Crippen molar-refractivity contribution < 1.29 is 19.4 Å². The fraction of sp³-hybridized carbons (Fsp3) is 0.273. The van der Waals surface area contributed by atoms with Crippen LogP contribution in [0.5, 0.6) is 5.75 Å². The largest absolute Gasteiger partial charge is 0.478 e. The van der Waals surface area contributed by atoms with Gasteiger partial charge in [0, 0.05) is 12.6 Å². The van der Waals surface area contributed by atoms with Gasteiger partial charge in [-0.2, -0.15) is 0 Å². The SMILES string of the molecule is Cc1ccc(/C=C/C(=O)NCCc2ccc(OC(C)(C)C(=O)O)cc2)cc1. The first kappa shape index (κ1) is 20.2. The van der Waals surface area contributed by atoms with Crippen LogP contribution in [0.1, 0.15) is 30.5 Å². The minimum Gasteiger partial charge on any atom is -0.478 e. The van der Waals surface area contributed by atoms with Gasteiger partial charge in [0.1, 0.15) is 5.75 Å². The van der Waals surface area contributed by atoms with Gasteiger partial charge >= 0.3 is 5.97 Å². The fourth-order valence-corrected chi connectivity index (χ4v) is 2.30. The highest BCUT2D eigenvalue weighted by molar-refractivity contribution is 5.91. The zero-order chi connectivity index (χ0) is 19.9. The van der Waals surface area contributed by atoms with Crippen LogP contribution in [-0.4, -0.2) is 29.1 Å². The second-order valence-electron chi connectivity index (χ2n) is 6.85. The van der Waals surface area contributed by atoms with E-state index in [-0.39, 0.29) is 5.91 Å². The van der Waals surface area contributed by atoms with Crippen molar-refractivity contribution in [2.45, 2.75) is 32.8 Å². The maximum Gasteiger partial charge on any atom is 0.347 e. The minimum atomic E-state index is -1.28. The number of carbonyl (C=O) groups excluding carboxylic acids is 1. The molecule has 0 saturated carbocycles. The van der Waals surface area contributed by atoms with Gasteiger partial charge in [-0.25, -0.2) is 4.79 Å². The molecule has 5 nitrogen and oxygen atoms in total. The summed E-state index contributed by atoms with van der Waals surface area (Å²) in [5.74, 6) is -0.664. The Labute approximate surface area is 159 Å². The van der Waals surface area contributed by atoms with Gasteiger partial charge in [0.15, 0.2) is 5.60 Å². The van der Waals surface area contributed by atoms with E-state index < -0.39 is 11.6 Å². The van der Waals surface area contributed by atoms with Crippen molar-refractivity contribution in [1.82, 2.24) is 5.32 Å². The summed E-state index contributed by atoms with van der Waals surface area (Å²) in [6.07, 6.45) is 3.98. The zero-order valence-electron chi connectivity index (χ0n) is 15.9. The third-order valence-electron chi connectivity index (χ3n) is 4.03. The summed E-state index contributed by atoms with van der Waals surface area (Å²) < 4.78 is 5.46. The van der Waals surface area contributed by atoms with Crippen LogP contribution in [0.4, 0.5) is 0 Å². The number of hydrogen-bond acceptors (Lipinski definition) is 3. The van der Waals surface area contributed by atoms with Crippen molar-refractivity contribution in [2.24, 2.45) is 0 Å². The number of ether oxygens (including phenoxy) is 1. The molecular weight excluding hydrogens is 342 g/mol. The number of carboxylic acids is 1. The molecule has 0 aliphatic carbocycles. The molecule has 0 unspecified atom stereocenters. The molecule has 0 aliphatic rings. The quantitative estimate of drug-likeness (QED) is 0.699. The maximum absolute atomic E-state index is 11.9. The van der Waals surface area contributed by atoms with Crippen LogP contribution in [0.3, 0.4) is 0 Å². The van der Waals surface area contributed by atoms with Gasteiger partial charge in [0.2, 0.25) is 5.91 Å². The third-order valence-corrected chi connectivity index (χ3v) is 4.03. The Morgan fingerprint density at radius 3 is 2.30 bits per heavy atom. The number of nitrogens with one attached hydrogen (secondary N) is 1. The van der Waals surface area contributed by atoms with E-state index in [1.54, 1.807) is 18.2 Å². The lowest BCUT2D eigenvalue weighted by Gasteiger charge is -2.21. The van der Waals surface area contributed by atoms with E-state index in [4.69, 9.17) is 9.84 Å². The van der Waals surface area contributed by atoms with Crippen LogP contribution in [0, 0.1) is 6.92 Å². The van der Waals surface area contributed by atoms with E-state index in [1.807, 2.05) is 43.3 Å². The molecule has 0 radical (unpaired) electrons. The molecule has 0 spiro atoms. The van der Waals surface area contributed by atoms with Gasteiger partial charge in [-0.05, 0) is 56.5 Å². The molecule has 0 fully saturated rings. The Kier molecular flexibility index (Phi) is 6.77. The van der Waals surface area contributed by atoms with Gasteiger partial charge in [-0.1, -0.05) is 42.0 Å². The molecule has 2 aromatic carbocycles. The molecule has 1 amide bonds. The number of carbonyl (C=O) groups is 2. The first-order valence-corrected chi connectivity index (χ1v) is 8.80. The topological polar surface area (TPSA) is 75.6 Å². The Morgan fingerprint density at radius 1 is 1.07 bits per heavy atom. The lowest BCUT2D eigenvalue weighted by molar-refractivity contribution is -0.152. The molecule has 27 heavy (non-hydrogen) atoms. The van der Waals surface area contributed by atoms with Crippen LogP contribution in [-0.2, 0) is 16.0 Å². The summed E-state index contributed by atoms with van der Waals surface area (Å²) >= 11 is 0. The van der Waals surface area contributed by atoms with E-state index in [0.717, 1.165) is 11.1 Å². The van der Waals surface area contributed by atoms with Crippen molar-refractivity contribution in [1.29, 1.82) is 0 Å². The highest BCUT2D eigenvalue weighted by Gasteiger charge is 2.29. The average molecular weight is 367 g/mol. The number of aliphatic carboxylic acids is 1. The average Bonchev–Trinajstić information content (AvgIpc) is 2.62. The smallest absolute Gasteiger partial charge is 0.347 e. The van der Waals surface area contributed by atoms with E-state index in [9.17, 15) is 9.59 Å². The van der Waals surface area contributed by atoms with Crippen LogP contribution >= 0.6 is 0 Å². The Balaban J connectivity index is 1.78. The van der Waals surface area contributed by atoms with Gasteiger partial charge in [-0.15, -0.1) is 0 Å². The number of benzene rings is 2. The standard InChI is InChI=1S/C22H25NO4/c1-16-4-6-17(7-5-16)10-13-20(24)23-15-14-18-8-11-19(12-9-18)27-22(2,3)21(25)26/h4-13H,14-15H2,1-3H3,(H,23,24)(H,25,26)/b13-10+. The molecule has 2 rings (SSSR count). The molecule has 0 bridgehead atoms. The summed E-state index contributed by atoms with van der Waals surface area (Å²) in [6.45, 7) is 5.54. The van der Waals surface area contributed by atoms with E-state index in [1.165, 1.54) is 25.5 Å². The van der Waals surface area contributed by atoms with E-state index in [0.29, 0.717) is 18.7 Å².